The topological polar surface area (TPSA) is 79.5 Å². The van der Waals surface area contributed by atoms with Gasteiger partial charge in [0.15, 0.2) is 0 Å². The number of benzene rings is 1. The molecule has 1 N–H and O–H groups in total. The van der Waals surface area contributed by atoms with Gasteiger partial charge in [-0.05, 0) is 36.5 Å². The van der Waals surface area contributed by atoms with Crippen molar-refractivity contribution in [3.8, 4) is 0 Å². The highest BCUT2D eigenvalue weighted by Gasteiger charge is 2.25. The number of nitrogens with zero attached hydrogens (tertiary/aromatic N) is 3. The first kappa shape index (κ1) is 16.3. The van der Waals surface area contributed by atoms with Crippen LogP contribution in [0, 0.1) is 12.8 Å². The van der Waals surface area contributed by atoms with Gasteiger partial charge < -0.3 is 14.4 Å². The predicted octanol–water partition coefficient (Wildman–Crippen LogP) is 2.80. The summed E-state index contributed by atoms with van der Waals surface area (Å²) in [7, 11) is 0. The molecule has 2 heterocycles. The largest absolute Gasteiger partial charge is 0.483 e. The fourth-order valence-electron chi connectivity index (χ4n) is 2.54. The molecule has 1 unspecified atom stereocenters. The maximum atomic E-state index is 8.36. The van der Waals surface area contributed by atoms with Crippen molar-refractivity contribution >= 4 is 24.1 Å². The Bertz CT molecular complexity index is 600. The molecule has 0 aliphatic carbocycles. The molecule has 118 valence electrons. The van der Waals surface area contributed by atoms with Crippen LogP contribution in [0.5, 0.6) is 0 Å². The van der Waals surface area contributed by atoms with Gasteiger partial charge in [-0.25, -0.2) is 0 Å². The molecule has 0 radical (unpaired) electrons. The van der Waals surface area contributed by atoms with Gasteiger partial charge in [0.05, 0.1) is 0 Å². The molecule has 1 aromatic carbocycles. The van der Waals surface area contributed by atoms with Crippen LogP contribution in [0.15, 0.2) is 28.7 Å². The lowest BCUT2D eigenvalue weighted by Crippen LogP contribution is -2.20. The van der Waals surface area contributed by atoms with Gasteiger partial charge >= 0.3 is 6.01 Å². The van der Waals surface area contributed by atoms with Gasteiger partial charge in [-0.1, -0.05) is 28.8 Å². The van der Waals surface area contributed by atoms with Crippen LogP contribution < -0.4 is 4.90 Å². The number of rotatable bonds is 3. The zero-order valence-corrected chi connectivity index (χ0v) is 13.0. The van der Waals surface area contributed by atoms with E-state index in [1.54, 1.807) is 0 Å². The second-order valence-corrected chi connectivity index (χ2v) is 5.58. The first-order valence-corrected chi connectivity index (χ1v) is 7.37. The first-order chi connectivity index (χ1) is 10.6. The predicted molar refractivity (Wildman–Crippen MR) is 83.2 cm³/mol. The van der Waals surface area contributed by atoms with Crippen molar-refractivity contribution in [1.82, 2.24) is 10.2 Å². The minimum absolute atomic E-state index is 0.250. The number of hydrogen-bond donors (Lipinski definition) is 1. The number of aromatic nitrogens is 2. The van der Waals surface area contributed by atoms with Crippen LogP contribution in [0.25, 0.3) is 0 Å². The molecule has 7 heteroatoms. The monoisotopic (exact) mass is 323 g/mol. The second kappa shape index (κ2) is 7.79. The Morgan fingerprint density at radius 2 is 2.09 bits per heavy atom. The zero-order chi connectivity index (χ0) is 15.9. The molecule has 1 aliphatic rings. The number of anilines is 1. The lowest BCUT2D eigenvalue weighted by molar-refractivity contribution is -0.122. The summed E-state index contributed by atoms with van der Waals surface area (Å²) in [5, 5.41) is 15.6. The van der Waals surface area contributed by atoms with Crippen LogP contribution in [-0.2, 0) is 11.2 Å². The Morgan fingerprint density at radius 3 is 2.68 bits per heavy atom. The van der Waals surface area contributed by atoms with E-state index in [1.165, 1.54) is 5.56 Å². The van der Waals surface area contributed by atoms with E-state index in [0.29, 0.717) is 17.8 Å². The highest BCUT2D eigenvalue weighted by molar-refractivity contribution is 6.30. The Balaban J connectivity index is 0.000000545. The molecule has 0 spiro atoms. The molecular weight excluding hydrogens is 306 g/mol. The third-order valence-corrected chi connectivity index (χ3v) is 3.76. The molecule has 0 saturated carbocycles. The average molecular weight is 324 g/mol. The zero-order valence-electron chi connectivity index (χ0n) is 12.3. The van der Waals surface area contributed by atoms with Gasteiger partial charge in [-0.3, -0.25) is 4.79 Å². The number of aryl methyl sites for hydroxylation is 1. The molecule has 6 nitrogen and oxygen atoms in total. The van der Waals surface area contributed by atoms with E-state index in [2.05, 4.69) is 27.2 Å². The summed E-state index contributed by atoms with van der Waals surface area (Å²) in [6.45, 7) is 3.53. The van der Waals surface area contributed by atoms with Crippen LogP contribution in [0.3, 0.4) is 0 Å². The van der Waals surface area contributed by atoms with E-state index in [9.17, 15) is 0 Å². The summed E-state index contributed by atoms with van der Waals surface area (Å²) < 4.78 is 5.47. The molecule has 3 rings (SSSR count). The molecule has 22 heavy (non-hydrogen) atoms. The molecule has 2 aromatic rings. The Hall–Kier alpha value is -2.08. The SMILES string of the molecule is Cc1nnc(N2CCC(Cc3ccc(Cl)cc3)C2)o1.O=CO. The normalized spacial score (nSPS) is 17.0. The van der Waals surface area contributed by atoms with Gasteiger partial charge in [-0.2, -0.15) is 0 Å². The summed E-state index contributed by atoms with van der Waals surface area (Å²) in [6, 6.07) is 8.75. The fraction of sp³-hybridized carbons (Fsp3) is 0.400. The van der Waals surface area contributed by atoms with Gasteiger partial charge in [0.25, 0.3) is 6.47 Å². The highest BCUT2D eigenvalue weighted by Crippen LogP contribution is 2.25. The molecule has 1 aromatic heterocycles. The molecule has 0 amide bonds. The lowest BCUT2D eigenvalue weighted by atomic mass is 9.99. The van der Waals surface area contributed by atoms with Gasteiger partial charge in [0.1, 0.15) is 0 Å². The van der Waals surface area contributed by atoms with Crippen molar-refractivity contribution in [2.24, 2.45) is 5.92 Å². The third kappa shape index (κ3) is 4.46. The molecule has 1 atom stereocenters. The van der Waals surface area contributed by atoms with E-state index in [1.807, 2.05) is 19.1 Å². The number of carboxylic acid groups (broad SMARTS) is 1. The quantitative estimate of drug-likeness (QED) is 0.875. The van der Waals surface area contributed by atoms with Gasteiger partial charge in [-0.15, -0.1) is 5.10 Å². The Morgan fingerprint density at radius 1 is 1.41 bits per heavy atom. The van der Waals surface area contributed by atoms with E-state index < -0.39 is 0 Å². The van der Waals surface area contributed by atoms with Crippen molar-refractivity contribution in [2.45, 2.75) is 19.8 Å². The molecular formula is C15H18ClN3O3. The van der Waals surface area contributed by atoms with Crippen LogP contribution in [0.1, 0.15) is 17.9 Å². The summed E-state index contributed by atoms with van der Waals surface area (Å²) in [5.74, 6) is 1.25. The summed E-state index contributed by atoms with van der Waals surface area (Å²) in [5.41, 5.74) is 1.33. The molecule has 1 saturated heterocycles. The van der Waals surface area contributed by atoms with Gasteiger partial charge in [0, 0.05) is 25.0 Å². The lowest BCUT2D eigenvalue weighted by Gasteiger charge is -2.13. The Labute approximate surface area is 133 Å². The van der Waals surface area contributed by atoms with Crippen molar-refractivity contribution < 1.29 is 14.3 Å². The van der Waals surface area contributed by atoms with Crippen LogP contribution in [-0.4, -0.2) is 34.9 Å². The molecule has 1 aliphatic heterocycles. The smallest absolute Gasteiger partial charge is 0.318 e. The molecule has 0 bridgehead atoms. The van der Waals surface area contributed by atoms with Crippen LogP contribution >= 0.6 is 11.6 Å². The molecule has 1 fully saturated rings. The summed E-state index contributed by atoms with van der Waals surface area (Å²) in [4.78, 5) is 10.5. The minimum atomic E-state index is -0.250. The standard InChI is InChI=1S/C14H16ClN3O.CH2O2/c1-10-16-17-14(19-10)18-7-6-12(9-18)8-11-2-4-13(15)5-3-11;2-1-3/h2-5,12H,6-9H2,1H3;1H,(H,2,3). The maximum Gasteiger partial charge on any atom is 0.318 e. The first-order valence-electron chi connectivity index (χ1n) is 6.99. The van der Waals surface area contributed by atoms with Crippen LogP contribution in [0.4, 0.5) is 6.01 Å². The number of hydrogen-bond acceptors (Lipinski definition) is 5. The number of halogens is 1. The van der Waals surface area contributed by atoms with Crippen LogP contribution in [0.2, 0.25) is 5.02 Å². The van der Waals surface area contributed by atoms with E-state index in [4.69, 9.17) is 25.9 Å². The Kier molecular flexibility index (Phi) is 5.77. The van der Waals surface area contributed by atoms with Crippen molar-refractivity contribution in [3.05, 3.63) is 40.7 Å². The number of carbonyl (C=O) groups is 1. The third-order valence-electron chi connectivity index (χ3n) is 3.51. The second-order valence-electron chi connectivity index (χ2n) is 5.14. The fourth-order valence-corrected chi connectivity index (χ4v) is 2.67. The average Bonchev–Trinajstić information content (AvgIpc) is 3.11. The van der Waals surface area contributed by atoms with E-state index in [-0.39, 0.29) is 6.47 Å². The summed E-state index contributed by atoms with van der Waals surface area (Å²) >= 11 is 5.90. The highest BCUT2D eigenvalue weighted by atomic mass is 35.5. The van der Waals surface area contributed by atoms with E-state index >= 15 is 0 Å². The van der Waals surface area contributed by atoms with E-state index in [0.717, 1.165) is 31.0 Å². The van der Waals surface area contributed by atoms with Crippen molar-refractivity contribution in [2.75, 3.05) is 18.0 Å². The summed E-state index contributed by atoms with van der Waals surface area (Å²) in [6.07, 6.45) is 2.23. The van der Waals surface area contributed by atoms with Crippen molar-refractivity contribution in [3.63, 3.8) is 0 Å². The minimum Gasteiger partial charge on any atom is -0.483 e. The van der Waals surface area contributed by atoms with Crippen molar-refractivity contribution in [1.29, 1.82) is 0 Å². The maximum absolute atomic E-state index is 8.36. The van der Waals surface area contributed by atoms with Gasteiger partial charge in [0.2, 0.25) is 5.89 Å².